The Hall–Kier alpha value is -1.21. The Bertz CT molecular complexity index is 378. The largest absolute Gasteiger partial charge is 0.356 e. The van der Waals surface area contributed by atoms with Gasteiger partial charge in [-0.15, -0.1) is 0 Å². The summed E-state index contributed by atoms with van der Waals surface area (Å²) in [5, 5.41) is 2.84. The van der Waals surface area contributed by atoms with Crippen molar-refractivity contribution in [3.63, 3.8) is 0 Å². The zero-order valence-electron chi connectivity index (χ0n) is 9.61. The monoisotopic (exact) mass is 275 g/mol. The van der Waals surface area contributed by atoms with Gasteiger partial charge < -0.3 is 10.2 Å². The van der Waals surface area contributed by atoms with E-state index in [1.54, 1.807) is 19.4 Å². The lowest BCUT2D eigenvalue weighted by Gasteiger charge is -2.17. The summed E-state index contributed by atoms with van der Waals surface area (Å²) in [6.07, 6.45) is 3.13. The fraction of sp³-hybridized carbons (Fsp3) is 0.444. The van der Waals surface area contributed by atoms with Gasteiger partial charge in [-0.2, -0.15) is 0 Å². The molecule has 0 atom stereocenters. The molecule has 1 rings (SSSR count). The van der Waals surface area contributed by atoms with Gasteiger partial charge >= 0.3 is 6.03 Å². The number of carbonyl (C=O) groups is 1. The van der Waals surface area contributed by atoms with Crippen molar-refractivity contribution in [2.75, 3.05) is 31.3 Å². The second kappa shape index (κ2) is 7.18. The highest BCUT2D eigenvalue weighted by molar-refractivity contribution is 7.97. The molecule has 0 aliphatic carbocycles. The van der Waals surface area contributed by atoms with E-state index in [-0.39, 0.29) is 6.03 Å². The second-order valence-electron chi connectivity index (χ2n) is 3.12. The van der Waals surface area contributed by atoms with Crippen LogP contribution < -0.4 is 14.9 Å². The number of nitrogens with one attached hydrogen (secondary N) is 2. The van der Waals surface area contributed by atoms with Gasteiger partial charge in [-0.3, -0.25) is 4.72 Å². The summed E-state index contributed by atoms with van der Waals surface area (Å²) in [5.41, 5.74) is 0. The third-order valence-electron chi connectivity index (χ3n) is 1.92. The highest BCUT2D eigenvalue weighted by Gasteiger charge is 2.07. The van der Waals surface area contributed by atoms with Crippen LogP contribution in [0.1, 0.15) is 0 Å². The predicted octanol–water partition coefficient (Wildman–Crippen LogP) is 1.14. The molecule has 0 spiro atoms. The summed E-state index contributed by atoms with van der Waals surface area (Å²) in [5.74, 6) is 1.35. The summed E-state index contributed by atoms with van der Waals surface area (Å²) in [4.78, 5) is 20.8. The Balaban J connectivity index is 2.33. The van der Waals surface area contributed by atoms with Crippen LogP contribution in [0.2, 0.25) is 5.15 Å². The molecule has 17 heavy (non-hydrogen) atoms. The van der Waals surface area contributed by atoms with Gasteiger partial charge in [0.05, 0.1) is 0 Å². The third kappa shape index (κ3) is 4.66. The second-order valence-corrected chi connectivity index (χ2v) is 4.38. The summed E-state index contributed by atoms with van der Waals surface area (Å²) < 4.78 is 2.62. The highest BCUT2D eigenvalue weighted by Crippen LogP contribution is 2.18. The third-order valence-corrected chi connectivity index (χ3v) is 2.90. The molecule has 2 amide bonds. The first kappa shape index (κ1) is 13.9. The number of amides is 2. The van der Waals surface area contributed by atoms with Crippen molar-refractivity contribution < 1.29 is 4.79 Å². The molecule has 94 valence electrons. The van der Waals surface area contributed by atoms with E-state index in [9.17, 15) is 4.79 Å². The lowest BCUT2D eigenvalue weighted by Crippen LogP contribution is -2.29. The lowest BCUT2D eigenvalue weighted by molar-refractivity contribution is 0.248. The molecule has 1 aromatic heterocycles. The van der Waals surface area contributed by atoms with Gasteiger partial charge in [0.2, 0.25) is 0 Å². The molecular weight excluding hydrogens is 262 g/mol. The van der Waals surface area contributed by atoms with Crippen LogP contribution in [0.15, 0.2) is 12.4 Å². The maximum atomic E-state index is 10.9. The Kier molecular flexibility index (Phi) is 5.85. The SMILES string of the molecule is CNC(=O)NSCCN(C)c1nccnc1Cl. The molecule has 0 saturated carbocycles. The summed E-state index contributed by atoms with van der Waals surface area (Å²) in [6.45, 7) is 0.701. The first-order chi connectivity index (χ1) is 8.15. The average Bonchev–Trinajstić information content (AvgIpc) is 2.34. The summed E-state index contributed by atoms with van der Waals surface area (Å²) in [7, 11) is 3.44. The molecule has 0 saturated heterocycles. The molecule has 2 N–H and O–H groups in total. The van der Waals surface area contributed by atoms with Crippen LogP contribution >= 0.6 is 23.5 Å². The van der Waals surface area contributed by atoms with Gasteiger partial charge in [0.25, 0.3) is 0 Å². The Labute approximate surface area is 109 Å². The number of anilines is 1. The maximum Gasteiger partial charge on any atom is 0.324 e. The standard InChI is InChI=1S/C9H14ClN5OS/c1-11-9(16)14-17-6-5-15(2)8-7(10)12-3-4-13-8/h3-4H,5-6H2,1-2H3,(H2,11,14,16). The maximum absolute atomic E-state index is 10.9. The van der Waals surface area contributed by atoms with E-state index in [1.807, 2.05) is 11.9 Å². The van der Waals surface area contributed by atoms with Crippen LogP contribution in [0.25, 0.3) is 0 Å². The zero-order chi connectivity index (χ0) is 12.7. The van der Waals surface area contributed by atoms with Crippen molar-refractivity contribution in [3.05, 3.63) is 17.5 Å². The molecule has 1 aromatic rings. The topological polar surface area (TPSA) is 70.2 Å². The number of rotatable bonds is 5. The molecule has 0 fully saturated rings. The number of nitrogens with zero attached hydrogens (tertiary/aromatic N) is 3. The fourth-order valence-electron chi connectivity index (χ4n) is 1.03. The van der Waals surface area contributed by atoms with Crippen molar-refractivity contribution in [3.8, 4) is 0 Å². The van der Waals surface area contributed by atoms with Gasteiger partial charge in [-0.25, -0.2) is 14.8 Å². The summed E-state index contributed by atoms with van der Waals surface area (Å²) in [6, 6.07) is -0.213. The molecule has 0 unspecified atom stereocenters. The molecular formula is C9H14ClN5OS. The minimum absolute atomic E-state index is 0.213. The Morgan fingerprint density at radius 1 is 1.53 bits per heavy atom. The average molecular weight is 276 g/mol. The molecule has 0 aromatic carbocycles. The van der Waals surface area contributed by atoms with Gasteiger partial charge in [0, 0.05) is 38.8 Å². The van der Waals surface area contributed by atoms with E-state index in [0.29, 0.717) is 17.5 Å². The van der Waals surface area contributed by atoms with E-state index < -0.39 is 0 Å². The van der Waals surface area contributed by atoms with Crippen molar-refractivity contribution in [1.29, 1.82) is 0 Å². The molecule has 0 bridgehead atoms. The number of aromatic nitrogens is 2. The van der Waals surface area contributed by atoms with Crippen LogP contribution in [0, 0.1) is 0 Å². The van der Waals surface area contributed by atoms with Gasteiger partial charge in [-0.1, -0.05) is 11.6 Å². The quantitative estimate of drug-likeness (QED) is 0.623. The first-order valence-corrected chi connectivity index (χ1v) is 6.28. The molecule has 0 radical (unpaired) electrons. The van der Waals surface area contributed by atoms with Crippen LogP contribution in [0.4, 0.5) is 10.6 Å². The Morgan fingerprint density at radius 2 is 2.24 bits per heavy atom. The zero-order valence-corrected chi connectivity index (χ0v) is 11.2. The lowest BCUT2D eigenvalue weighted by atomic mass is 10.5. The van der Waals surface area contributed by atoms with Crippen molar-refractivity contribution in [2.45, 2.75) is 0 Å². The van der Waals surface area contributed by atoms with E-state index in [4.69, 9.17) is 11.6 Å². The highest BCUT2D eigenvalue weighted by atomic mass is 35.5. The number of urea groups is 1. The number of hydrogen-bond donors (Lipinski definition) is 2. The molecule has 1 heterocycles. The number of halogens is 1. The Morgan fingerprint density at radius 3 is 2.88 bits per heavy atom. The normalized spacial score (nSPS) is 9.82. The minimum Gasteiger partial charge on any atom is -0.356 e. The van der Waals surface area contributed by atoms with Crippen molar-refractivity contribution >= 4 is 35.4 Å². The molecule has 6 nitrogen and oxygen atoms in total. The van der Waals surface area contributed by atoms with Crippen molar-refractivity contribution in [1.82, 2.24) is 20.0 Å². The van der Waals surface area contributed by atoms with Crippen LogP contribution in [-0.4, -0.2) is 42.4 Å². The smallest absolute Gasteiger partial charge is 0.324 e. The van der Waals surface area contributed by atoms with Crippen molar-refractivity contribution in [2.24, 2.45) is 0 Å². The van der Waals surface area contributed by atoms with Crippen LogP contribution in [0.5, 0.6) is 0 Å². The van der Waals surface area contributed by atoms with Crippen LogP contribution in [0.3, 0.4) is 0 Å². The molecule has 0 aliphatic rings. The van der Waals surface area contributed by atoms with E-state index in [0.717, 1.165) is 5.75 Å². The molecule has 8 heteroatoms. The van der Waals surface area contributed by atoms with Gasteiger partial charge in [-0.05, 0) is 11.9 Å². The fourth-order valence-corrected chi connectivity index (χ4v) is 1.98. The minimum atomic E-state index is -0.213. The van der Waals surface area contributed by atoms with Gasteiger partial charge in [0.1, 0.15) is 0 Å². The van der Waals surface area contributed by atoms with Gasteiger partial charge in [0.15, 0.2) is 11.0 Å². The first-order valence-electron chi connectivity index (χ1n) is 4.92. The van der Waals surface area contributed by atoms with E-state index in [1.165, 1.54) is 11.9 Å². The number of hydrogen-bond acceptors (Lipinski definition) is 5. The van der Waals surface area contributed by atoms with Crippen LogP contribution in [-0.2, 0) is 0 Å². The van der Waals surface area contributed by atoms with E-state index in [2.05, 4.69) is 20.0 Å². The number of carbonyl (C=O) groups excluding carboxylic acids is 1. The summed E-state index contributed by atoms with van der Waals surface area (Å²) >= 11 is 7.22. The van der Waals surface area contributed by atoms with E-state index >= 15 is 0 Å². The predicted molar refractivity (Wildman–Crippen MR) is 70.4 cm³/mol. The molecule has 0 aliphatic heterocycles.